The summed E-state index contributed by atoms with van der Waals surface area (Å²) in [6.45, 7) is 11.4. The maximum absolute atomic E-state index is 4.70. The van der Waals surface area contributed by atoms with Gasteiger partial charge in [-0.1, -0.05) is 48.0 Å². The highest BCUT2D eigenvalue weighted by Crippen LogP contribution is 2.19. The number of benzene rings is 1. The van der Waals surface area contributed by atoms with E-state index in [0.29, 0.717) is 5.92 Å². The minimum absolute atomic E-state index is 0.668. The van der Waals surface area contributed by atoms with Gasteiger partial charge in [-0.15, -0.1) is 0 Å². The van der Waals surface area contributed by atoms with Crippen molar-refractivity contribution in [2.24, 2.45) is 5.92 Å². The minimum atomic E-state index is 0.668. The first-order chi connectivity index (χ1) is 9.99. The SMILES string of the molecule is Cc1nn(Cc2ccccc2Br)c(C)c1CNCC(C)C. The molecule has 0 bridgehead atoms. The summed E-state index contributed by atoms with van der Waals surface area (Å²) in [6.07, 6.45) is 0. The Morgan fingerprint density at radius 3 is 2.62 bits per heavy atom. The Morgan fingerprint density at radius 1 is 1.24 bits per heavy atom. The van der Waals surface area contributed by atoms with E-state index in [9.17, 15) is 0 Å². The van der Waals surface area contributed by atoms with Gasteiger partial charge in [0.15, 0.2) is 0 Å². The van der Waals surface area contributed by atoms with E-state index in [1.54, 1.807) is 0 Å². The number of nitrogens with zero attached hydrogens (tertiary/aromatic N) is 2. The van der Waals surface area contributed by atoms with E-state index in [4.69, 9.17) is 5.10 Å². The molecule has 0 unspecified atom stereocenters. The summed E-state index contributed by atoms with van der Waals surface area (Å²) in [4.78, 5) is 0. The van der Waals surface area contributed by atoms with Crippen LogP contribution in [0.4, 0.5) is 0 Å². The predicted octanol–water partition coefficient (Wildman–Crippen LogP) is 4.06. The number of hydrogen-bond acceptors (Lipinski definition) is 2. The van der Waals surface area contributed by atoms with E-state index in [1.807, 2.05) is 6.07 Å². The van der Waals surface area contributed by atoms with Gasteiger partial charge in [0.1, 0.15) is 0 Å². The minimum Gasteiger partial charge on any atom is -0.312 e. The fraction of sp³-hybridized carbons (Fsp3) is 0.471. The van der Waals surface area contributed by atoms with E-state index in [1.165, 1.54) is 16.8 Å². The lowest BCUT2D eigenvalue weighted by atomic mass is 10.1. The molecule has 0 fully saturated rings. The van der Waals surface area contributed by atoms with E-state index in [-0.39, 0.29) is 0 Å². The zero-order valence-corrected chi connectivity index (χ0v) is 14.9. The van der Waals surface area contributed by atoms with Crippen LogP contribution in [0, 0.1) is 19.8 Å². The summed E-state index contributed by atoms with van der Waals surface area (Å²) in [6, 6.07) is 8.32. The second-order valence-electron chi connectivity index (χ2n) is 5.92. The summed E-state index contributed by atoms with van der Waals surface area (Å²) in [5.41, 5.74) is 4.95. The van der Waals surface area contributed by atoms with Crippen LogP contribution in [0.1, 0.15) is 36.4 Å². The molecule has 0 aliphatic rings. The Kier molecular flexibility index (Phi) is 5.59. The monoisotopic (exact) mass is 349 g/mol. The molecule has 0 saturated carbocycles. The van der Waals surface area contributed by atoms with Gasteiger partial charge in [0.05, 0.1) is 12.2 Å². The lowest BCUT2D eigenvalue weighted by molar-refractivity contribution is 0.550. The number of hydrogen-bond donors (Lipinski definition) is 1. The van der Waals surface area contributed by atoms with Crippen LogP contribution in [-0.4, -0.2) is 16.3 Å². The van der Waals surface area contributed by atoms with Crippen molar-refractivity contribution in [2.75, 3.05) is 6.54 Å². The summed E-state index contributed by atoms with van der Waals surface area (Å²) in [7, 11) is 0. The van der Waals surface area contributed by atoms with Crippen molar-refractivity contribution in [1.29, 1.82) is 0 Å². The van der Waals surface area contributed by atoms with Crippen molar-refractivity contribution in [3.63, 3.8) is 0 Å². The van der Waals surface area contributed by atoms with Crippen LogP contribution in [0.5, 0.6) is 0 Å². The van der Waals surface area contributed by atoms with Gasteiger partial charge in [-0.3, -0.25) is 4.68 Å². The lowest BCUT2D eigenvalue weighted by Gasteiger charge is -2.09. The Hall–Kier alpha value is -1.13. The molecule has 0 amide bonds. The first-order valence-electron chi connectivity index (χ1n) is 7.46. The van der Waals surface area contributed by atoms with Crippen LogP contribution >= 0.6 is 15.9 Å². The molecule has 0 saturated heterocycles. The Morgan fingerprint density at radius 2 is 1.95 bits per heavy atom. The van der Waals surface area contributed by atoms with Gasteiger partial charge in [-0.2, -0.15) is 5.10 Å². The summed E-state index contributed by atoms with van der Waals surface area (Å²) >= 11 is 3.61. The van der Waals surface area contributed by atoms with Crippen molar-refractivity contribution in [2.45, 2.75) is 40.8 Å². The van der Waals surface area contributed by atoms with Crippen molar-refractivity contribution in [3.05, 3.63) is 51.3 Å². The number of rotatable bonds is 6. The fourth-order valence-corrected chi connectivity index (χ4v) is 2.83. The van der Waals surface area contributed by atoms with Crippen LogP contribution in [0.2, 0.25) is 0 Å². The molecule has 0 atom stereocenters. The van der Waals surface area contributed by atoms with Crippen molar-refractivity contribution < 1.29 is 0 Å². The molecule has 0 aliphatic carbocycles. The molecule has 0 spiro atoms. The standard InChI is InChI=1S/C17H24BrN3/c1-12(2)9-19-10-16-13(3)20-21(14(16)4)11-15-7-5-6-8-17(15)18/h5-8,12,19H,9-11H2,1-4H3. The molecule has 4 heteroatoms. The summed E-state index contributed by atoms with van der Waals surface area (Å²) < 4.78 is 3.24. The van der Waals surface area contributed by atoms with Gasteiger partial charge in [0, 0.05) is 22.3 Å². The number of nitrogens with one attached hydrogen (secondary N) is 1. The van der Waals surface area contributed by atoms with Gasteiger partial charge >= 0.3 is 0 Å². The third kappa shape index (κ3) is 4.17. The molecule has 2 aromatic rings. The Labute approximate surface area is 135 Å². The van der Waals surface area contributed by atoms with Gasteiger partial charge in [0.25, 0.3) is 0 Å². The van der Waals surface area contributed by atoms with Crippen LogP contribution in [-0.2, 0) is 13.1 Å². The largest absolute Gasteiger partial charge is 0.312 e. The number of aromatic nitrogens is 2. The van der Waals surface area contributed by atoms with E-state index < -0.39 is 0 Å². The van der Waals surface area contributed by atoms with E-state index in [2.05, 4.69) is 71.8 Å². The highest BCUT2D eigenvalue weighted by atomic mass is 79.9. The highest BCUT2D eigenvalue weighted by molar-refractivity contribution is 9.10. The second-order valence-corrected chi connectivity index (χ2v) is 6.78. The smallest absolute Gasteiger partial charge is 0.0673 e. The van der Waals surface area contributed by atoms with E-state index in [0.717, 1.165) is 29.8 Å². The van der Waals surface area contributed by atoms with Gasteiger partial charge in [0.2, 0.25) is 0 Å². The fourth-order valence-electron chi connectivity index (χ4n) is 2.42. The maximum Gasteiger partial charge on any atom is 0.0673 e. The van der Waals surface area contributed by atoms with Gasteiger partial charge in [-0.25, -0.2) is 0 Å². The van der Waals surface area contributed by atoms with Crippen molar-refractivity contribution >= 4 is 15.9 Å². The maximum atomic E-state index is 4.70. The molecule has 2 rings (SSSR count). The number of aryl methyl sites for hydroxylation is 1. The van der Waals surface area contributed by atoms with Gasteiger partial charge in [-0.05, 0) is 37.9 Å². The molecule has 114 valence electrons. The number of halogens is 1. The van der Waals surface area contributed by atoms with Crippen molar-refractivity contribution in [1.82, 2.24) is 15.1 Å². The zero-order valence-electron chi connectivity index (χ0n) is 13.3. The third-order valence-corrected chi connectivity index (χ3v) is 4.44. The predicted molar refractivity (Wildman–Crippen MR) is 91.5 cm³/mol. The molecule has 3 nitrogen and oxygen atoms in total. The van der Waals surface area contributed by atoms with Crippen LogP contribution < -0.4 is 5.32 Å². The topological polar surface area (TPSA) is 29.9 Å². The molecule has 1 aromatic carbocycles. The summed E-state index contributed by atoms with van der Waals surface area (Å²) in [5.74, 6) is 0.668. The molecule has 1 aromatic heterocycles. The Bertz CT molecular complexity index is 602. The first-order valence-corrected chi connectivity index (χ1v) is 8.25. The van der Waals surface area contributed by atoms with Crippen molar-refractivity contribution in [3.8, 4) is 0 Å². The van der Waals surface area contributed by atoms with E-state index >= 15 is 0 Å². The molecule has 0 aliphatic heterocycles. The quantitative estimate of drug-likeness (QED) is 0.852. The average molecular weight is 350 g/mol. The molecule has 21 heavy (non-hydrogen) atoms. The second kappa shape index (κ2) is 7.23. The molecule has 1 N–H and O–H groups in total. The van der Waals surface area contributed by atoms with Crippen LogP contribution in [0.3, 0.4) is 0 Å². The molecular weight excluding hydrogens is 326 g/mol. The lowest BCUT2D eigenvalue weighted by Crippen LogP contribution is -2.19. The Balaban J connectivity index is 2.13. The third-order valence-electron chi connectivity index (χ3n) is 3.66. The van der Waals surface area contributed by atoms with Crippen LogP contribution in [0.25, 0.3) is 0 Å². The zero-order chi connectivity index (χ0) is 15.4. The first kappa shape index (κ1) is 16.2. The molecular formula is C17H24BrN3. The molecule has 0 radical (unpaired) electrons. The van der Waals surface area contributed by atoms with Crippen LogP contribution in [0.15, 0.2) is 28.7 Å². The molecule has 1 heterocycles. The van der Waals surface area contributed by atoms with Gasteiger partial charge < -0.3 is 5.32 Å². The highest BCUT2D eigenvalue weighted by Gasteiger charge is 2.12. The summed E-state index contributed by atoms with van der Waals surface area (Å²) in [5, 5.41) is 8.21. The average Bonchev–Trinajstić information content (AvgIpc) is 2.68. The normalized spacial score (nSPS) is 11.3.